The minimum absolute atomic E-state index is 0.315. The Kier molecular flexibility index (Phi) is 5.89. The molecule has 102 valence electrons. The number of hydrogen-bond acceptors (Lipinski definition) is 3. The molecule has 5 heteroatoms. The fourth-order valence-corrected chi connectivity index (χ4v) is 3.82. The molecule has 0 saturated carbocycles. The number of sulfonamides is 1. The van der Waals surface area contributed by atoms with Gasteiger partial charge < -0.3 is 5.32 Å². The first-order valence-electron chi connectivity index (χ1n) is 6.72. The van der Waals surface area contributed by atoms with Crippen molar-refractivity contribution in [2.75, 3.05) is 26.2 Å². The summed E-state index contributed by atoms with van der Waals surface area (Å²) in [4.78, 5) is 0. The molecule has 1 saturated heterocycles. The molecule has 1 fully saturated rings. The summed E-state index contributed by atoms with van der Waals surface area (Å²) in [6.45, 7) is 8.89. The molecule has 0 aliphatic carbocycles. The summed E-state index contributed by atoms with van der Waals surface area (Å²) < 4.78 is 26.2. The Morgan fingerprint density at radius 1 is 1.41 bits per heavy atom. The summed E-state index contributed by atoms with van der Waals surface area (Å²) >= 11 is 0. The van der Waals surface area contributed by atoms with Gasteiger partial charge in [-0.1, -0.05) is 20.3 Å². The third kappa shape index (κ3) is 3.93. The van der Waals surface area contributed by atoms with Crippen LogP contribution in [-0.4, -0.2) is 44.2 Å². The SMILES string of the molecule is CCCNCC(C)S(=O)(=O)N1CCC(CC)C1. The summed E-state index contributed by atoms with van der Waals surface area (Å²) in [5.74, 6) is 0.556. The molecule has 2 atom stereocenters. The summed E-state index contributed by atoms with van der Waals surface area (Å²) in [7, 11) is -3.09. The van der Waals surface area contributed by atoms with Gasteiger partial charge in [0, 0.05) is 19.6 Å². The molecule has 1 aliphatic heterocycles. The second kappa shape index (κ2) is 6.71. The van der Waals surface area contributed by atoms with Crippen LogP contribution in [0.2, 0.25) is 0 Å². The molecule has 0 amide bonds. The van der Waals surface area contributed by atoms with Gasteiger partial charge in [-0.05, 0) is 32.2 Å². The molecule has 2 unspecified atom stereocenters. The summed E-state index contributed by atoms with van der Waals surface area (Å²) in [6, 6.07) is 0. The maximum atomic E-state index is 12.3. The largest absolute Gasteiger partial charge is 0.315 e. The van der Waals surface area contributed by atoms with Crippen molar-refractivity contribution in [1.29, 1.82) is 0 Å². The normalized spacial score (nSPS) is 24.1. The van der Waals surface area contributed by atoms with E-state index in [0.29, 0.717) is 19.0 Å². The zero-order valence-corrected chi connectivity index (χ0v) is 12.1. The first-order chi connectivity index (χ1) is 8.02. The molecule has 1 heterocycles. The average molecular weight is 262 g/mol. The lowest BCUT2D eigenvalue weighted by Crippen LogP contribution is -2.41. The minimum atomic E-state index is -3.09. The van der Waals surface area contributed by atoms with Gasteiger partial charge in [0.1, 0.15) is 0 Å². The lowest BCUT2D eigenvalue weighted by Gasteiger charge is -2.21. The minimum Gasteiger partial charge on any atom is -0.315 e. The summed E-state index contributed by atoms with van der Waals surface area (Å²) in [5, 5.41) is 2.87. The topological polar surface area (TPSA) is 49.4 Å². The van der Waals surface area contributed by atoms with Gasteiger partial charge in [-0.15, -0.1) is 0 Å². The van der Waals surface area contributed by atoms with E-state index in [4.69, 9.17) is 0 Å². The van der Waals surface area contributed by atoms with Crippen LogP contribution in [0.25, 0.3) is 0 Å². The van der Waals surface area contributed by atoms with Crippen LogP contribution < -0.4 is 5.32 Å². The van der Waals surface area contributed by atoms with Crippen LogP contribution in [0.1, 0.15) is 40.0 Å². The van der Waals surface area contributed by atoms with Gasteiger partial charge in [-0.3, -0.25) is 0 Å². The standard InChI is InChI=1S/C12H26N2O2S/c1-4-7-13-9-11(3)17(15,16)14-8-6-12(5-2)10-14/h11-13H,4-10H2,1-3H3. The van der Waals surface area contributed by atoms with E-state index in [1.807, 2.05) is 0 Å². The zero-order valence-electron chi connectivity index (χ0n) is 11.3. The third-order valence-corrected chi connectivity index (χ3v) is 5.79. The van der Waals surface area contributed by atoms with Gasteiger partial charge in [0.15, 0.2) is 0 Å². The maximum absolute atomic E-state index is 12.3. The fraction of sp³-hybridized carbons (Fsp3) is 1.00. The molecule has 0 aromatic carbocycles. The zero-order chi connectivity index (χ0) is 12.9. The predicted molar refractivity (Wildman–Crippen MR) is 71.5 cm³/mol. The van der Waals surface area contributed by atoms with Gasteiger partial charge in [-0.25, -0.2) is 12.7 Å². The molecule has 0 aromatic rings. The maximum Gasteiger partial charge on any atom is 0.217 e. The van der Waals surface area contributed by atoms with Crippen molar-refractivity contribution in [3.63, 3.8) is 0 Å². The van der Waals surface area contributed by atoms with Crippen LogP contribution in [-0.2, 0) is 10.0 Å². The smallest absolute Gasteiger partial charge is 0.217 e. The second-order valence-corrected chi connectivity index (χ2v) is 7.33. The Hall–Kier alpha value is -0.130. The Morgan fingerprint density at radius 3 is 2.65 bits per heavy atom. The highest BCUT2D eigenvalue weighted by Crippen LogP contribution is 2.23. The van der Waals surface area contributed by atoms with E-state index in [2.05, 4.69) is 19.2 Å². The van der Waals surface area contributed by atoms with Gasteiger partial charge in [0.05, 0.1) is 5.25 Å². The van der Waals surface area contributed by atoms with E-state index in [0.717, 1.165) is 32.4 Å². The monoisotopic (exact) mass is 262 g/mol. The van der Waals surface area contributed by atoms with E-state index < -0.39 is 10.0 Å². The fourth-order valence-electron chi connectivity index (χ4n) is 2.20. The van der Waals surface area contributed by atoms with E-state index in [-0.39, 0.29) is 5.25 Å². The van der Waals surface area contributed by atoms with E-state index in [1.54, 1.807) is 11.2 Å². The van der Waals surface area contributed by atoms with Crippen molar-refractivity contribution >= 4 is 10.0 Å². The highest BCUT2D eigenvalue weighted by Gasteiger charge is 2.33. The number of rotatable bonds is 7. The van der Waals surface area contributed by atoms with Gasteiger partial charge >= 0.3 is 0 Å². The number of nitrogens with one attached hydrogen (secondary N) is 1. The van der Waals surface area contributed by atoms with E-state index >= 15 is 0 Å². The number of nitrogens with zero attached hydrogens (tertiary/aromatic N) is 1. The third-order valence-electron chi connectivity index (χ3n) is 3.55. The van der Waals surface area contributed by atoms with Crippen molar-refractivity contribution in [2.45, 2.75) is 45.3 Å². The molecule has 1 rings (SSSR count). The van der Waals surface area contributed by atoms with Gasteiger partial charge in [0.2, 0.25) is 10.0 Å². The van der Waals surface area contributed by atoms with Crippen LogP contribution in [0.15, 0.2) is 0 Å². The van der Waals surface area contributed by atoms with Crippen molar-refractivity contribution in [2.24, 2.45) is 5.92 Å². The molecule has 1 N–H and O–H groups in total. The lowest BCUT2D eigenvalue weighted by atomic mass is 10.1. The first-order valence-corrected chi connectivity index (χ1v) is 8.22. The quantitative estimate of drug-likeness (QED) is 0.706. The van der Waals surface area contributed by atoms with Crippen LogP contribution in [0.5, 0.6) is 0 Å². The van der Waals surface area contributed by atoms with Gasteiger partial charge in [0.25, 0.3) is 0 Å². The molecule has 0 aromatic heterocycles. The first kappa shape index (κ1) is 14.9. The Bertz CT molecular complexity index is 316. The molecule has 17 heavy (non-hydrogen) atoms. The van der Waals surface area contributed by atoms with Crippen molar-refractivity contribution in [3.05, 3.63) is 0 Å². The summed E-state index contributed by atoms with van der Waals surface area (Å²) in [6.07, 6.45) is 3.13. The van der Waals surface area contributed by atoms with Crippen molar-refractivity contribution < 1.29 is 8.42 Å². The summed E-state index contributed by atoms with van der Waals surface area (Å²) in [5.41, 5.74) is 0. The molecular weight excluding hydrogens is 236 g/mol. The second-order valence-electron chi connectivity index (χ2n) is 4.98. The Balaban J connectivity index is 2.50. The highest BCUT2D eigenvalue weighted by molar-refractivity contribution is 7.89. The lowest BCUT2D eigenvalue weighted by molar-refractivity contribution is 0.442. The molecule has 4 nitrogen and oxygen atoms in total. The van der Waals surface area contributed by atoms with E-state index in [9.17, 15) is 8.42 Å². The number of hydrogen-bond donors (Lipinski definition) is 1. The van der Waals surface area contributed by atoms with E-state index in [1.165, 1.54) is 0 Å². The molecule has 0 bridgehead atoms. The van der Waals surface area contributed by atoms with Crippen LogP contribution in [0.4, 0.5) is 0 Å². The van der Waals surface area contributed by atoms with Crippen molar-refractivity contribution in [3.8, 4) is 0 Å². The molecule has 1 aliphatic rings. The molecule has 0 spiro atoms. The van der Waals surface area contributed by atoms with Gasteiger partial charge in [-0.2, -0.15) is 0 Å². The van der Waals surface area contributed by atoms with Crippen LogP contribution >= 0.6 is 0 Å². The predicted octanol–water partition coefficient (Wildman–Crippen LogP) is 1.44. The van der Waals surface area contributed by atoms with Crippen LogP contribution in [0, 0.1) is 5.92 Å². The Labute approximate surface area is 106 Å². The van der Waals surface area contributed by atoms with Crippen LogP contribution in [0.3, 0.4) is 0 Å². The van der Waals surface area contributed by atoms with Crippen molar-refractivity contribution in [1.82, 2.24) is 9.62 Å². The highest BCUT2D eigenvalue weighted by atomic mass is 32.2. The Morgan fingerprint density at radius 2 is 2.12 bits per heavy atom. The average Bonchev–Trinajstić information content (AvgIpc) is 2.78. The molecular formula is C12H26N2O2S. The molecule has 0 radical (unpaired) electrons.